The molecule has 0 amide bonds. The van der Waals surface area contributed by atoms with Crippen LogP contribution >= 0.6 is 0 Å². The molecule has 136 valence electrons. The Morgan fingerprint density at radius 3 is 1.32 bits per heavy atom. The van der Waals surface area contributed by atoms with Gasteiger partial charge in [-0.05, 0) is 46.5 Å². The van der Waals surface area contributed by atoms with Gasteiger partial charge in [0.2, 0.25) is 0 Å². The number of rotatable bonds is 4. The maximum absolute atomic E-state index is 5.90. The summed E-state index contributed by atoms with van der Waals surface area (Å²) in [7, 11) is 0. The minimum atomic E-state index is 0.199. The molecular formula is C26H20O2. The van der Waals surface area contributed by atoms with Crippen LogP contribution in [0.3, 0.4) is 0 Å². The maximum atomic E-state index is 5.90. The number of hydrogen-bond acceptors (Lipinski definition) is 2. The summed E-state index contributed by atoms with van der Waals surface area (Å²) < 4.78 is 11.8. The van der Waals surface area contributed by atoms with E-state index in [0.717, 1.165) is 22.7 Å². The summed E-state index contributed by atoms with van der Waals surface area (Å²) in [6, 6.07) is 29.1. The van der Waals surface area contributed by atoms with Gasteiger partial charge >= 0.3 is 0 Å². The fourth-order valence-electron chi connectivity index (χ4n) is 4.22. The van der Waals surface area contributed by atoms with Gasteiger partial charge in [0.25, 0.3) is 0 Å². The van der Waals surface area contributed by atoms with Gasteiger partial charge in [0, 0.05) is 17.1 Å². The summed E-state index contributed by atoms with van der Waals surface area (Å²) in [4.78, 5) is 0. The number of furan rings is 2. The lowest BCUT2D eigenvalue weighted by atomic mass is 9.88. The van der Waals surface area contributed by atoms with Crippen LogP contribution < -0.4 is 0 Å². The lowest BCUT2D eigenvalue weighted by Gasteiger charge is -2.16. The molecule has 5 rings (SSSR count). The normalized spacial score (nSPS) is 14.9. The van der Waals surface area contributed by atoms with Crippen molar-refractivity contribution in [3.8, 4) is 0 Å². The first-order valence-corrected chi connectivity index (χ1v) is 9.52. The van der Waals surface area contributed by atoms with E-state index < -0.39 is 0 Å². The third-order valence-electron chi connectivity index (χ3n) is 5.36. The van der Waals surface area contributed by atoms with Crippen molar-refractivity contribution in [1.29, 1.82) is 0 Å². The molecule has 2 aromatic carbocycles. The quantitative estimate of drug-likeness (QED) is 0.388. The van der Waals surface area contributed by atoms with Crippen LogP contribution in [0.5, 0.6) is 0 Å². The third kappa shape index (κ3) is 2.66. The van der Waals surface area contributed by atoms with Crippen molar-refractivity contribution >= 4 is 22.3 Å². The van der Waals surface area contributed by atoms with Crippen molar-refractivity contribution in [3.63, 3.8) is 0 Å². The van der Waals surface area contributed by atoms with Crippen LogP contribution in [0, 0.1) is 5.92 Å². The molecule has 0 saturated heterocycles. The average Bonchev–Trinajstić information content (AvgIpc) is 3.49. The summed E-state index contributed by atoms with van der Waals surface area (Å²) in [5.74, 6) is 1.93. The number of hydrogen-bond donors (Lipinski definition) is 0. The highest BCUT2D eigenvalue weighted by molar-refractivity contribution is 6.27. The van der Waals surface area contributed by atoms with E-state index in [-0.39, 0.29) is 5.92 Å². The first kappa shape index (κ1) is 16.6. The molecular weight excluding hydrogens is 344 g/mol. The molecule has 2 aromatic heterocycles. The minimum Gasteiger partial charge on any atom is -0.464 e. The highest BCUT2D eigenvalue weighted by Gasteiger charge is 2.36. The van der Waals surface area contributed by atoms with Crippen LogP contribution in [0.2, 0.25) is 0 Å². The standard InChI is InChI=1S/C26H20O2/c1-18-23(19-10-4-2-5-11-19)25(21-14-8-16-27-21)26(22-15-9-17-28-22)24(18)20-12-6-3-7-13-20/h2-18H,1H3. The molecule has 0 N–H and O–H groups in total. The summed E-state index contributed by atoms with van der Waals surface area (Å²) in [5, 5.41) is 0. The van der Waals surface area contributed by atoms with E-state index in [1.165, 1.54) is 22.3 Å². The zero-order chi connectivity index (χ0) is 18.9. The third-order valence-corrected chi connectivity index (χ3v) is 5.36. The Bertz CT molecular complexity index is 1040. The average molecular weight is 364 g/mol. The van der Waals surface area contributed by atoms with Crippen LogP contribution in [0.4, 0.5) is 0 Å². The predicted molar refractivity (Wildman–Crippen MR) is 113 cm³/mol. The maximum Gasteiger partial charge on any atom is 0.134 e. The highest BCUT2D eigenvalue weighted by Crippen LogP contribution is 2.54. The molecule has 0 unspecified atom stereocenters. The largest absolute Gasteiger partial charge is 0.464 e. The molecule has 4 aromatic rings. The van der Waals surface area contributed by atoms with Crippen molar-refractivity contribution in [1.82, 2.24) is 0 Å². The monoisotopic (exact) mass is 364 g/mol. The molecule has 1 aliphatic carbocycles. The molecule has 0 saturated carbocycles. The van der Waals surface area contributed by atoms with E-state index in [4.69, 9.17) is 8.83 Å². The second-order valence-electron chi connectivity index (χ2n) is 6.99. The van der Waals surface area contributed by atoms with E-state index in [0.29, 0.717) is 0 Å². The van der Waals surface area contributed by atoms with Crippen LogP contribution in [0.25, 0.3) is 22.3 Å². The van der Waals surface area contributed by atoms with Crippen LogP contribution in [0.15, 0.2) is 106 Å². The minimum absolute atomic E-state index is 0.199. The Morgan fingerprint density at radius 1 is 0.536 bits per heavy atom. The Kier molecular flexibility index (Phi) is 4.10. The van der Waals surface area contributed by atoms with E-state index in [1.807, 2.05) is 24.3 Å². The Morgan fingerprint density at radius 2 is 0.964 bits per heavy atom. The summed E-state index contributed by atoms with van der Waals surface area (Å²) in [6.07, 6.45) is 3.46. The van der Waals surface area contributed by atoms with Gasteiger partial charge in [0.1, 0.15) is 11.5 Å². The van der Waals surface area contributed by atoms with E-state index in [1.54, 1.807) is 12.5 Å². The fraction of sp³-hybridized carbons (Fsp3) is 0.0769. The summed E-state index contributed by atoms with van der Waals surface area (Å²) in [5.41, 5.74) is 7.16. The number of benzene rings is 2. The molecule has 28 heavy (non-hydrogen) atoms. The van der Waals surface area contributed by atoms with Gasteiger partial charge < -0.3 is 8.83 Å². The summed E-state index contributed by atoms with van der Waals surface area (Å²) >= 11 is 0. The second kappa shape index (κ2) is 6.90. The van der Waals surface area contributed by atoms with Gasteiger partial charge in [-0.15, -0.1) is 0 Å². The zero-order valence-corrected chi connectivity index (χ0v) is 15.6. The second-order valence-corrected chi connectivity index (χ2v) is 6.99. The van der Waals surface area contributed by atoms with Gasteiger partial charge in [0.15, 0.2) is 0 Å². The first-order valence-electron chi connectivity index (χ1n) is 9.52. The van der Waals surface area contributed by atoms with Crippen LogP contribution in [-0.2, 0) is 0 Å². The van der Waals surface area contributed by atoms with Gasteiger partial charge in [-0.3, -0.25) is 0 Å². The smallest absolute Gasteiger partial charge is 0.134 e. The Hall–Kier alpha value is -3.52. The molecule has 0 bridgehead atoms. The zero-order valence-electron chi connectivity index (χ0n) is 15.6. The molecule has 0 atom stereocenters. The highest BCUT2D eigenvalue weighted by atomic mass is 16.3. The van der Waals surface area contributed by atoms with Crippen molar-refractivity contribution in [3.05, 3.63) is 120 Å². The fourth-order valence-corrected chi connectivity index (χ4v) is 4.22. The first-order chi connectivity index (χ1) is 13.8. The van der Waals surface area contributed by atoms with Crippen LogP contribution in [0.1, 0.15) is 29.6 Å². The molecule has 2 heterocycles. The molecule has 0 spiro atoms. The van der Waals surface area contributed by atoms with E-state index in [2.05, 4.69) is 67.6 Å². The van der Waals surface area contributed by atoms with Gasteiger partial charge in [-0.2, -0.15) is 0 Å². The van der Waals surface area contributed by atoms with Crippen molar-refractivity contribution in [2.24, 2.45) is 5.92 Å². The lowest BCUT2D eigenvalue weighted by molar-refractivity contribution is 0.547. The van der Waals surface area contributed by atoms with Crippen molar-refractivity contribution < 1.29 is 8.83 Å². The SMILES string of the molecule is CC1C(c2ccccc2)=C(c2ccco2)C(c2ccco2)=C1c1ccccc1. The molecule has 2 nitrogen and oxygen atoms in total. The predicted octanol–water partition coefficient (Wildman–Crippen LogP) is 7.04. The Balaban J connectivity index is 1.85. The van der Waals surface area contributed by atoms with Gasteiger partial charge in [0.05, 0.1) is 12.5 Å². The Labute approximate surface area is 164 Å². The molecule has 0 aliphatic heterocycles. The molecule has 2 heteroatoms. The molecule has 1 aliphatic rings. The van der Waals surface area contributed by atoms with Crippen molar-refractivity contribution in [2.45, 2.75) is 6.92 Å². The lowest BCUT2D eigenvalue weighted by Crippen LogP contribution is -1.99. The van der Waals surface area contributed by atoms with Crippen molar-refractivity contribution in [2.75, 3.05) is 0 Å². The molecule has 0 radical (unpaired) electrons. The van der Waals surface area contributed by atoms with Gasteiger partial charge in [-0.25, -0.2) is 0 Å². The van der Waals surface area contributed by atoms with Gasteiger partial charge in [-0.1, -0.05) is 67.6 Å². The topological polar surface area (TPSA) is 26.3 Å². The summed E-state index contributed by atoms with van der Waals surface area (Å²) in [6.45, 7) is 2.27. The number of allylic oxidation sites excluding steroid dienone is 4. The van der Waals surface area contributed by atoms with E-state index in [9.17, 15) is 0 Å². The van der Waals surface area contributed by atoms with E-state index >= 15 is 0 Å². The van der Waals surface area contributed by atoms with Crippen LogP contribution in [-0.4, -0.2) is 0 Å². The molecule has 0 fully saturated rings.